The zero-order valence-electron chi connectivity index (χ0n) is 25.2. The minimum Gasteiger partial charge on any atom is -0.480 e. The third kappa shape index (κ3) is 4.46. The van der Waals surface area contributed by atoms with Crippen molar-refractivity contribution < 1.29 is 23.5 Å². The van der Waals surface area contributed by atoms with Crippen molar-refractivity contribution >= 4 is 23.2 Å². The molecule has 2 bridgehead atoms. The van der Waals surface area contributed by atoms with Crippen LogP contribution >= 0.6 is 11.6 Å². The van der Waals surface area contributed by atoms with E-state index in [9.17, 15) is 4.39 Å². The zero-order valence-corrected chi connectivity index (χ0v) is 19.0. The maximum atomic E-state index is 13.7. The van der Waals surface area contributed by atoms with Gasteiger partial charge in [-0.1, -0.05) is 11.6 Å². The highest BCUT2D eigenvalue weighted by atomic mass is 35.5. The van der Waals surface area contributed by atoms with Crippen LogP contribution in [0.4, 0.5) is 16.0 Å². The highest BCUT2D eigenvalue weighted by molar-refractivity contribution is 6.30. The van der Waals surface area contributed by atoms with Crippen LogP contribution in [0.2, 0.25) is 5.02 Å². The normalized spacial score (nSPS) is 25.8. The summed E-state index contributed by atoms with van der Waals surface area (Å²) >= 11 is 5.86. The number of nitrogens with zero attached hydrogens (tertiary/aromatic N) is 6. The molecule has 11 heteroatoms. The first-order valence-corrected chi connectivity index (χ1v) is 11.1. The van der Waals surface area contributed by atoms with Crippen LogP contribution in [0.5, 0.6) is 17.6 Å². The average Bonchev–Trinajstić information content (AvgIpc) is 3.39. The van der Waals surface area contributed by atoms with Gasteiger partial charge < -0.3 is 19.7 Å². The Morgan fingerprint density at radius 3 is 2.76 bits per heavy atom. The van der Waals surface area contributed by atoms with Crippen molar-refractivity contribution in [2.45, 2.75) is 38.6 Å². The molecule has 3 aromatic rings. The molecule has 0 amide bonds. The van der Waals surface area contributed by atoms with Gasteiger partial charge in [-0.05, 0) is 50.5 Å². The van der Waals surface area contributed by atoms with Crippen LogP contribution in [-0.2, 0) is 0 Å². The van der Waals surface area contributed by atoms with E-state index < -0.39 is 31.5 Å². The minimum absolute atomic E-state index is 0.0511. The van der Waals surface area contributed by atoms with Gasteiger partial charge in [-0.25, -0.2) is 9.07 Å². The summed E-state index contributed by atoms with van der Waals surface area (Å²) in [6, 6.07) is 1.23. The second kappa shape index (κ2) is 9.25. The lowest BCUT2D eigenvalue weighted by molar-refractivity contribution is 0.372. The van der Waals surface area contributed by atoms with Crippen molar-refractivity contribution in [3.05, 3.63) is 41.3 Å². The monoisotopic (exact) mass is 494 g/mol. The number of halogens is 2. The average molecular weight is 495 g/mol. The maximum absolute atomic E-state index is 13.7. The molecule has 1 aliphatic heterocycles. The summed E-state index contributed by atoms with van der Waals surface area (Å²) in [5.74, 6) is -0.171. The van der Waals surface area contributed by atoms with Gasteiger partial charge in [0.1, 0.15) is 11.6 Å². The Morgan fingerprint density at radius 2 is 2.06 bits per heavy atom. The molecule has 34 heavy (non-hydrogen) atoms. The fraction of sp³-hybridized carbons (Fsp3) is 0.478. The van der Waals surface area contributed by atoms with E-state index in [0.717, 1.165) is 30.7 Å². The Kier molecular flexibility index (Phi) is 4.27. The first-order valence-electron chi connectivity index (χ1n) is 14.2. The molecule has 2 aromatic heterocycles. The Labute approximate surface area is 212 Å². The second-order valence-electron chi connectivity index (χ2n) is 8.29. The molecule has 2 fully saturated rings. The fourth-order valence-electron chi connectivity index (χ4n) is 4.64. The summed E-state index contributed by atoms with van der Waals surface area (Å²) in [6.07, 6.45) is 3.47. The number of methoxy groups -OCH3 is 1. The van der Waals surface area contributed by atoms with Crippen LogP contribution < -0.4 is 19.7 Å². The van der Waals surface area contributed by atoms with E-state index in [4.69, 9.17) is 30.7 Å². The van der Waals surface area contributed by atoms with E-state index in [1.54, 1.807) is 6.20 Å². The number of nitrogens with one attached hydrogen (secondary N) is 1. The summed E-state index contributed by atoms with van der Waals surface area (Å²) in [4.78, 5) is 6.44. The van der Waals surface area contributed by atoms with Crippen molar-refractivity contribution in [3.63, 3.8) is 0 Å². The molecule has 3 heterocycles. The molecule has 1 aromatic carbocycles. The van der Waals surface area contributed by atoms with Gasteiger partial charge >= 0.3 is 6.01 Å². The Bertz CT molecular complexity index is 1400. The van der Waals surface area contributed by atoms with Gasteiger partial charge in [-0.15, -0.1) is 10.2 Å². The summed E-state index contributed by atoms with van der Waals surface area (Å²) < 4.78 is 81.1. The van der Waals surface area contributed by atoms with E-state index in [1.165, 1.54) is 13.2 Å². The van der Waals surface area contributed by atoms with Crippen LogP contribution in [0, 0.1) is 17.7 Å². The van der Waals surface area contributed by atoms with E-state index >= 15 is 0 Å². The lowest BCUT2D eigenvalue weighted by Gasteiger charge is -2.39. The molecule has 1 saturated carbocycles. The third-order valence-corrected chi connectivity index (χ3v) is 6.50. The largest absolute Gasteiger partial charge is 0.480 e. The van der Waals surface area contributed by atoms with E-state index in [2.05, 4.69) is 30.5 Å². The molecule has 1 N–H and O–H groups in total. The molecule has 1 saturated heterocycles. The summed E-state index contributed by atoms with van der Waals surface area (Å²) in [5, 5.41) is 15.0. The smallest absolute Gasteiger partial charge is 0.322 e. The predicted molar refractivity (Wildman–Crippen MR) is 126 cm³/mol. The van der Waals surface area contributed by atoms with E-state index in [1.807, 2.05) is 6.07 Å². The number of fused-ring (bicyclic) bond motifs is 2. The van der Waals surface area contributed by atoms with Gasteiger partial charge in [-0.2, -0.15) is 10.1 Å². The zero-order chi connectivity index (χ0) is 29.7. The number of ether oxygens (including phenoxy) is 2. The SMILES string of the molecule is [2H]C([2H])([2H])C([2H])(n1nc(NC2[C@@H]3CC[C@H]2CN(c2cnnc(OC)c2)C3)nc1Oc1ccc(F)c(Cl)c1)C([2H])([2H])[2H]. The quantitative estimate of drug-likeness (QED) is 0.511. The van der Waals surface area contributed by atoms with Crippen LogP contribution in [0.25, 0.3) is 0 Å². The van der Waals surface area contributed by atoms with Gasteiger partial charge in [0.2, 0.25) is 11.8 Å². The summed E-state index contributed by atoms with van der Waals surface area (Å²) in [7, 11) is 1.52. The molecule has 3 atom stereocenters. The van der Waals surface area contributed by atoms with Crippen LogP contribution in [-0.4, -0.2) is 51.2 Å². The van der Waals surface area contributed by atoms with Crippen molar-refractivity contribution in [2.24, 2.45) is 11.8 Å². The van der Waals surface area contributed by atoms with Gasteiger partial charge in [0.05, 0.1) is 31.4 Å². The number of piperidine rings is 1. The van der Waals surface area contributed by atoms with Crippen molar-refractivity contribution in [1.82, 2.24) is 25.0 Å². The molecule has 5 rings (SSSR count). The van der Waals surface area contributed by atoms with Gasteiger partial charge in [0.25, 0.3) is 0 Å². The number of aromatic nitrogens is 5. The molecular formula is C23H27ClFN7O2. The first kappa shape index (κ1) is 15.7. The molecule has 180 valence electrons. The van der Waals surface area contributed by atoms with Gasteiger partial charge in [0.15, 0.2) is 0 Å². The summed E-state index contributed by atoms with van der Waals surface area (Å²) in [6.45, 7) is -5.36. The van der Waals surface area contributed by atoms with Gasteiger partial charge in [0, 0.05) is 39.5 Å². The fourth-order valence-corrected chi connectivity index (χ4v) is 4.82. The molecule has 2 aliphatic rings. The van der Waals surface area contributed by atoms with Crippen LogP contribution in [0.15, 0.2) is 30.5 Å². The van der Waals surface area contributed by atoms with Crippen LogP contribution in [0.3, 0.4) is 0 Å². The van der Waals surface area contributed by atoms with Crippen molar-refractivity contribution in [2.75, 3.05) is 30.4 Å². The van der Waals surface area contributed by atoms with E-state index in [-0.39, 0.29) is 34.6 Å². The number of hydrogen-bond donors (Lipinski definition) is 1. The lowest BCUT2D eigenvalue weighted by atomic mass is 9.92. The lowest BCUT2D eigenvalue weighted by Crippen LogP contribution is -2.48. The minimum atomic E-state index is -3.36. The third-order valence-electron chi connectivity index (χ3n) is 6.21. The molecule has 0 radical (unpaired) electrons. The number of benzene rings is 1. The topological polar surface area (TPSA) is 90.2 Å². The highest BCUT2D eigenvalue weighted by Gasteiger charge is 2.43. The highest BCUT2D eigenvalue weighted by Crippen LogP contribution is 2.40. The number of hydrogen-bond acceptors (Lipinski definition) is 8. The van der Waals surface area contributed by atoms with Gasteiger partial charge in [-0.3, -0.25) is 0 Å². The molecule has 1 aliphatic carbocycles. The molecule has 1 unspecified atom stereocenters. The Hall–Kier alpha value is -3.14. The first-order chi connectivity index (χ1) is 19.2. The van der Waals surface area contributed by atoms with Crippen molar-refractivity contribution in [1.29, 1.82) is 0 Å². The molecule has 9 nitrogen and oxygen atoms in total. The molecule has 0 spiro atoms. The number of anilines is 2. The molecular weight excluding hydrogens is 461 g/mol. The van der Waals surface area contributed by atoms with E-state index in [0.29, 0.717) is 23.7 Å². The van der Waals surface area contributed by atoms with Crippen LogP contribution in [0.1, 0.15) is 42.2 Å². The predicted octanol–water partition coefficient (Wildman–Crippen LogP) is 4.57. The maximum Gasteiger partial charge on any atom is 0.322 e. The summed E-state index contributed by atoms with van der Waals surface area (Å²) in [5.41, 5.74) is 0.873. The standard InChI is InChI=1S/C23H27ClFN7O2/c1-13(2)32-23(34-17-6-7-19(25)18(24)9-17)28-22(30-32)27-21-14-4-5-15(21)12-31(11-14)16-8-20(33-3)29-26-10-16/h6-10,13-15,21H,4-5,11-12H2,1-3H3,(H,27,30)/t14-,15+,21?/i1D3,2D3,13D. The number of rotatable bonds is 7. The van der Waals surface area contributed by atoms with Crippen molar-refractivity contribution in [3.8, 4) is 17.6 Å². The second-order valence-corrected chi connectivity index (χ2v) is 8.69. The Morgan fingerprint density at radius 1 is 1.26 bits per heavy atom. The Balaban J connectivity index is 1.46.